The Morgan fingerprint density at radius 1 is 0.862 bits per heavy atom. The Morgan fingerprint density at radius 3 is 2.62 bits per heavy atom. The van der Waals surface area contributed by atoms with Gasteiger partial charge in [-0.2, -0.15) is 5.10 Å². The minimum atomic E-state index is 0.363. The smallest absolute Gasteiger partial charge is 0.213 e. The van der Waals surface area contributed by atoms with E-state index >= 15 is 0 Å². The lowest BCUT2D eigenvalue weighted by molar-refractivity contribution is 0.290. The summed E-state index contributed by atoms with van der Waals surface area (Å²) in [6.45, 7) is 0.363. The van der Waals surface area contributed by atoms with Crippen LogP contribution in [-0.2, 0) is 6.61 Å². The van der Waals surface area contributed by atoms with Gasteiger partial charge in [0.15, 0.2) is 0 Å². The molecule has 0 aliphatic carbocycles. The minimum absolute atomic E-state index is 0.363. The van der Waals surface area contributed by atoms with Crippen LogP contribution in [0.3, 0.4) is 0 Å². The highest BCUT2D eigenvalue weighted by molar-refractivity contribution is 5.80. The quantitative estimate of drug-likeness (QED) is 0.481. The molecule has 0 spiro atoms. The number of hydrogen-bond donors (Lipinski definition) is 1. The zero-order valence-electron chi connectivity index (χ0n) is 15.5. The standard InChI is InChI=1S/C23H17N5O/c1-2-4-21-17(3-1)5-7-19(27-21)15-29-22-8-6-18(13-25-22)23-20(14-26-28-23)16-9-11-24-12-10-16/h1-14H,15H2,(H,26,28). The predicted octanol–water partition coefficient (Wildman–Crippen LogP) is 4.66. The number of nitrogens with one attached hydrogen (secondary N) is 1. The monoisotopic (exact) mass is 379 g/mol. The van der Waals surface area contributed by atoms with Crippen molar-refractivity contribution in [2.24, 2.45) is 0 Å². The molecule has 0 radical (unpaired) electrons. The number of pyridine rings is 3. The van der Waals surface area contributed by atoms with Gasteiger partial charge in [0, 0.05) is 47.4 Å². The summed E-state index contributed by atoms with van der Waals surface area (Å²) in [7, 11) is 0. The van der Waals surface area contributed by atoms with E-state index in [1.807, 2.05) is 60.8 Å². The Morgan fingerprint density at radius 2 is 1.76 bits per heavy atom. The largest absolute Gasteiger partial charge is 0.471 e. The topological polar surface area (TPSA) is 76.6 Å². The first-order chi connectivity index (χ1) is 14.4. The van der Waals surface area contributed by atoms with E-state index in [2.05, 4.69) is 31.2 Å². The van der Waals surface area contributed by atoms with Crippen molar-refractivity contribution in [3.8, 4) is 28.3 Å². The second-order valence-corrected chi connectivity index (χ2v) is 6.55. The number of hydrogen-bond acceptors (Lipinski definition) is 5. The Kier molecular flexibility index (Phi) is 4.42. The van der Waals surface area contributed by atoms with E-state index in [1.165, 1.54) is 0 Å². The van der Waals surface area contributed by atoms with Crippen LogP contribution in [0.2, 0.25) is 0 Å². The van der Waals surface area contributed by atoms with Gasteiger partial charge in [-0.25, -0.2) is 9.97 Å². The average molecular weight is 379 g/mol. The van der Waals surface area contributed by atoms with Crippen molar-refractivity contribution in [3.63, 3.8) is 0 Å². The summed E-state index contributed by atoms with van der Waals surface area (Å²) in [5.74, 6) is 0.546. The maximum atomic E-state index is 5.82. The zero-order valence-corrected chi connectivity index (χ0v) is 15.5. The van der Waals surface area contributed by atoms with Crippen LogP contribution < -0.4 is 4.74 Å². The Bertz CT molecular complexity index is 1250. The summed E-state index contributed by atoms with van der Waals surface area (Å²) in [4.78, 5) is 13.1. The number of H-pyrrole nitrogens is 1. The molecule has 0 aliphatic heterocycles. The second-order valence-electron chi connectivity index (χ2n) is 6.55. The maximum Gasteiger partial charge on any atom is 0.213 e. The number of para-hydroxylation sites is 1. The molecule has 0 aliphatic rings. The van der Waals surface area contributed by atoms with Gasteiger partial charge in [0.1, 0.15) is 12.3 Å². The number of fused-ring (bicyclic) bond motifs is 1. The predicted molar refractivity (Wildman–Crippen MR) is 111 cm³/mol. The van der Waals surface area contributed by atoms with Crippen LogP contribution in [0, 0.1) is 0 Å². The van der Waals surface area contributed by atoms with E-state index < -0.39 is 0 Å². The second kappa shape index (κ2) is 7.52. The van der Waals surface area contributed by atoms with Crippen LogP contribution in [0.4, 0.5) is 0 Å². The summed E-state index contributed by atoms with van der Waals surface area (Å²) < 4.78 is 5.82. The number of ether oxygens (including phenoxy) is 1. The van der Waals surface area contributed by atoms with Gasteiger partial charge >= 0.3 is 0 Å². The molecule has 0 saturated carbocycles. The molecule has 4 heterocycles. The van der Waals surface area contributed by atoms with Gasteiger partial charge in [-0.15, -0.1) is 0 Å². The fourth-order valence-corrected chi connectivity index (χ4v) is 3.20. The van der Waals surface area contributed by atoms with Crippen LogP contribution in [-0.4, -0.2) is 25.1 Å². The molecule has 0 amide bonds. The van der Waals surface area contributed by atoms with Gasteiger partial charge < -0.3 is 4.74 Å². The number of nitrogens with zero attached hydrogens (tertiary/aromatic N) is 4. The van der Waals surface area contributed by atoms with Gasteiger partial charge in [0.05, 0.1) is 11.2 Å². The van der Waals surface area contributed by atoms with Gasteiger partial charge in [-0.3, -0.25) is 10.1 Å². The molecule has 5 rings (SSSR count). The van der Waals surface area contributed by atoms with E-state index in [0.717, 1.165) is 39.0 Å². The summed E-state index contributed by atoms with van der Waals surface area (Å²) in [6.07, 6.45) is 7.18. The molecule has 0 saturated heterocycles. The molecule has 0 atom stereocenters. The third-order valence-corrected chi connectivity index (χ3v) is 4.67. The molecule has 29 heavy (non-hydrogen) atoms. The SMILES string of the molecule is c1ccc2nc(COc3ccc(-c4n[nH]cc4-c4ccncc4)cn3)ccc2c1. The number of aromatic nitrogens is 5. The van der Waals surface area contributed by atoms with Crippen LogP contribution in [0.15, 0.2) is 85.5 Å². The molecular weight excluding hydrogens is 362 g/mol. The van der Waals surface area contributed by atoms with E-state index in [4.69, 9.17) is 4.74 Å². The van der Waals surface area contributed by atoms with Crippen molar-refractivity contribution in [2.45, 2.75) is 6.61 Å². The van der Waals surface area contributed by atoms with E-state index in [0.29, 0.717) is 12.5 Å². The van der Waals surface area contributed by atoms with Crippen molar-refractivity contribution in [3.05, 3.63) is 91.1 Å². The summed E-state index contributed by atoms with van der Waals surface area (Å²) >= 11 is 0. The Labute approximate surface area is 167 Å². The fraction of sp³-hybridized carbons (Fsp3) is 0.0435. The Balaban J connectivity index is 1.32. The van der Waals surface area contributed by atoms with Crippen molar-refractivity contribution in [1.29, 1.82) is 0 Å². The normalized spacial score (nSPS) is 10.9. The van der Waals surface area contributed by atoms with E-state index in [9.17, 15) is 0 Å². The Hall–Kier alpha value is -4.06. The molecule has 0 bridgehead atoms. The van der Waals surface area contributed by atoms with Gasteiger partial charge in [-0.05, 0) is 35.9 Å². The third-order valence-electron chi connectivity index (χ3n) is 4.67. The lowest BCUT2D eigenvalue weighted by atomic mass is 10.0. The molecule has 0 unspecified atom stereocenters. The fourth-order valence-electron chi connectivity index (χ4n) is 3.20. The zero-order chi connectivity index (χ0) is 19.5. The molecule has 6 nitrogen and oxygen atoms in total. The summed E-state index contributed by atoms with van der Waals surface area (Å²) in [5.41, 5.74) is 5.62. The molecule has 1 aromatic carbocycles. The van der Waals surface area contributed by atoms with E-state index in [1.54, 1.807) is 18.6 Å². The molecule has 1 N–H and O–H groups in total. The highest BCUT2D eigenvalue weighted by Crippen LogP contribution is 2.29. The van der Waals surface area contributed by atoms with Gasteiger partial charge in [-0.1, -0.05) is 24.3 Å². The highest BCUT2D eigenvalue weighted by Gasteiger charge is 2.11. The van der Waals surface area contributed by atoms with Crippen molar-refractivity contribution in [2.75, 3.05) is 0 Å². The van der Waals surface area contributed by atoms with Crippen molar-refractivity contribution in [1.82, 2.24) is 25.1 Å². The van der Waals surface area contributed by atoms with Crippen LogP contribution in [0.25, 0.3) is 33.3 Å². The first-order valence-corrected chi connectivity index (χ1v) is 9.25. The van der Waals surface area contributed by atoms with E-state index in [-0.39, 0.29) is 0 Å². The average Bonchev–Trinajstić information content (AvgIpc) is 3.28. The molecule has 4 aromatic heterocycles. The first kappa shape index (κ1) is 17.1. The van der Waals surface area contributed by atoms with Crippen LogP contribution >= 0.6 is 0 Å². The first-order valence-electron chi connectivity index (χ1n) is 9.25. The number of benzene rings is 1. The summed E-state index contributed by atoms with van der Waals surface area (Å²) in [5, 5.41) is 8.43. The van der Waals surface area contributed by atoms with Crippen molar-refractivity contribution < 1.29 is 4.74 Å². The molecule has 5 aromatic rings. The third kappa shape index (κ3) is 3.55. The summed E-state index contributed by atoms with van der Waals surface area (Å²) in [6, 6.07) is 19.8. The minimum Gasteiger partial charge on any atom is -0.471 e. The number of rotatable bonds is 5. The van der Waals surface area contributed by atoms with Gasteiger partial charge in [0.2, 0.25) is 5.88 Å². The lowest BCUT2D eigenvalue weighted by Crippen LogP contribution is -1.99. The molecule has 140 valence electrons. The molecule has 6 heteroatoms. The maximum absolute atomic E-state index is 5.82. The molecular formula is C23H17N5O. The van der Waals surface area contributed by atoms with Crippen molar-refractivity contribution >= 4 is 10.9 Å². The number of aromatic amines is 1. The molecule has 0 fully saturated rings. The van der Waals surface area contributed by atoms with Gasteiger partial charge in [0.25, 0.3) is 0 Å². The highest BCUT2D eigenvalue weighted by atomic mass is 16.5. The van der Waals surface area contributed by atoms with Crippen LogP contribution in [0.1, 0.15) is 5.69 Å². The lowest BCUT2D eigenvalue weighted by Gasteiger charge is -2.07. The van der Waals surface area contributed by atoms with Crippen LogP contribution in [0.5, 0.6) is 5.88 Å².